The fourth-order valence-corrected chi connectivity index (χ4v) is 5.28. The highest BCUT2D eigenvalue weighted by atomic mass is 35.5. The van der Waals surface area contributed by atoms with Crippen molar-refractivity contribution < 1.29 is 19.1 Å². The number of amides is 2. The van der Waals surface area contributed by atoms with Crippen LogP contribution in [-0.2, 0) is 13.1 Å². The van der Waals surface area contributed by atoms with Gasteiger partial charge >= 0.3 is 0 Å². The van der Waals surface area contributed by atoms with Crippen LogP contribution < -0.4 is 10.7 Å². The first-order valence-electron chi connectivity index (χ1n) is 9.86. The highest BCUT2D eigenvalue weighted by Crippen LogP contribution is 2.45. The maximum Gasteiger partial charge on any atom is 0.275 e. The van der Waals surface area contributed by atoms with Gasteiger partial charge in [0.1, 0.15) is 11.4 Å². The van der Waals surface area contributed by atoms with E-state index in [4.69, 9.17) is 11.6 Å². The minimum atomic E-state index is -0.882. The van der Waals surface area contributed by atoms with Gasteiger partial charge in [0.15, 0.2) is 11.4 Å². The maximum absolute atomic E-state index is 13.3. The van der Waals surface area contributed by atoms with Gasteiger partial charge in [-0.05, 0) is 42.9 Å². The molecule has 5 rings (SSSR count). The van der Waals surface area contributed by atoms with E-state index in [0.29, 0.717) is 18.0 Å². The predicted molar refractivity (Wildman–Crippen MR) is 106 cm³/mol. The minimum absolute atomic E-state index is 0.0277. The van der Waals surface area contributed by atoms with Crippen molar-refractivity contribution in [3.05, 3.63) is 62.3 Å². The van der Waals surface area contributed by atoms with Gasteiger partial charge in [-0.15, -0.1) is 0 Å². The lowest BCUT2D eigenvalue weighted by Gasteiger charge is -2.40. The number of carbonyl (C=O) groups is 2. The fraction of sp³-hybridized carbons (Fsp3) is 0.381. The van der Waals surface area contributed by atoms with Crippen molar-refractivity contribution in [1.29, 1.82) is 0 Å². The van der Waals surface area contributed by atoms with Crippen LogP contribution in [-0.4, -0.2) is 38.5 Å². The number of carbonyl (C=O) groups excluding carboxylic acids is 2. The Morgan fingerprint density at radius 3 is 2.87 bits per heavy atom. The Hall–Kier alpha value is -2.87. The molecule has 2 aromatic rings. The lowest BCUT2D eigenvalue weighted by Crippen LogP contribution is -2.52. The topological polar surface area (TPSA) is 91.6 Å². The summed E-state index contributed by atoms with van der Waals surface area (Å²) in [4.78, 5) is 40.0. The van der Waals surface area contributed by atoms with Crippen LogP contribution in [0.4, 0.5) is 4.39 Å². The first-order chi connectivity index (χ1) is 14.3. The normalized spacial score (nSPS) is 24.0. The molecule has 0 spiro atoms. The van der Waals surface area contributed by atoms with Gasteiger partial charge in [-0.25, -0.2) is 4.39 Å². The number of piperidine rings is 1. The second-order valence-corrected chi connectivity index (χ2v) is 8.57. The van der Waals surface area contributed by atoms with Crippen molar-refractivity contribution in [2.75, 3.05) is 0 Å². The molecule has 1 saturated heterocycles. The van der Waals surface area contributed by atoms with E-state index < -0.39 is 22.9 Å². The van der Waals surface area contributed by atoms with E-state index in [0.717, 1.165) is 19.3 Å². The molecule has 1 aliphatic carbocycles. The molecule has 2 aliphatic heterocycles. The molecule has 9 heteroatoms. The number of halogens is 2. The summed E-state index contributed by atoms with van der Waals surface area (Å²) in [6.45, 7) is 0.476. The molecular weight excluding hydrogens is 413 g/mol. The molecule has 30 heavy (non-hydrogen) atoms. The average Bonchev–Trinajstić information content (AvgIpc) is 3.33. The molecule has 156 valence electrons. The third-order valence-electron chi connectivity index (χ3n) is 6.50. The summed E-state index contributed by atoms with van der Waals surface area (Å²) >= 11 is 5.75. The Balaban J connectivity index is 1.43. The van der Waals surface area contributed by atoms with Crippen LogP contribution in [0.15, 0.2) is 29.2 Å². The summed E-state index contributed by atoms with van der Waals surface area (Å²) in [5.74, 6) is -1.88. The Labute approximate surface area is 176 Å². The molecule has 1 aromatic heterocycles. The number of benzene rings is 1. The summed E-state index contributed by atoms with van der Waals surface area (Å²) in [5.41, 5.74) is -0.614. The average molecular weight is 432 g/mol. The van der Waals surface area contributed by atoms with E-state index in [1.807, 2.05) is 0 Å². The largest absolute Gasteiger partial charge is 0.503 e. The van der Waals surface area contributed by atoms with Gasteiger partial charge < -0.3 is 19.9 Å². The molecule has 2 fully saturated rings. The van der Waals surface area contributed by atoms with Gasteiger partial charge in [0.2, 0.25) is 5.43 Å². The Morgan fingerprint density at radius 1 is 1.30 bits per heavy atom. The zero-order valence-corrected chi connectivity index (χ0v) is 16.7. The molecule has 7 nitrogen and oxygen atoms in total. The van der Waals surface area contributed by atoms with E-state index in [2.05, 4.69) is 5.32 Å². The zero-order valence-electron chi connectivity index (χ0n) is 15.9. The molecular formula is C21H19ClFN3O4. The summed E-state index contributed by atoms with van der Waals surface area (Å²) in [6, 6.07) is 4.25. The van der Waals surface area contributed by atoms with E-state index in [1.54, 1.807) is 4.90 Å². The Morgan fingerprint density at radius 2 is 2.10 bits per heavy atom. The molecule has 3 atom stereocenters. The number of hydrogen-bond acceptors (Lipinski definition) is 4. The van der Waals surface area contributed by atoms with Crippen molar-refractivity contribution in [3.8, 4) is 5.75 Å². The van der Waals surface area contributed by atoms with Crippen molar-refractivity contribution >= 4 is 23.4 Å². The van der Waals surface area contributed by atoms with Crippen LogP contribution in [0.25, 0.3) is 0 Å². The van der Waals surface area contributed by atoms with E-state index in [1.165, 1.54) is 29.0 Å². The first-order valence-corrected chi connectivity index (χ1v) is 10.2. The van der Waals surface area contributed by atoms with Gasteiger partial charge in [0.05, 0.1) is 11.1 Å². The number of nitrogens with one attached hydrogen (secondary N) is 1. The van der Waals surface area contributed by atoms with E-state index >= 15 is 0 Å². The van der Waals surface area contributed by atoms with Crippen molar-refractivity contribution in [3.63, 3.8) is 0 Å². The second-order valence-electron chi connectivity index (χ2n) is 8.16. The number of rotatable bonds is 3. The molecule has 1 aromatic carbocycles. The molecule has 1 saturated carbocycles. The number of pyridine rings is 1. The lowest BCUT2D eigenvalue weighted by atomic mass is 9.95. The quantitative estimate of drug-likeness (QED) is 0.780. The minimum Gasteiger partial charge on any atom is -0.503 e. The molecule has 2 N–H and O–H groups in total. The molecule has 3 heterocycles. The monoisotopic (exact) mass is 431 g/mol. The van der Waals surface area contributed by atoms with Crippen LogP contribution in [0.5, 0.6) is 5.75 Å². The predicted octanol–water partition coefficient (Wildman–Crippen LogP) is 2.28. The molecule has 0 radical (unpaired) electrons. The van der Waals surface area contributed by atoms with Crippen molar-refractivity contribution in [2.24, 2.45) is 5.92 Å². The maximum atomic E-state index is 13.3. The number of nitrogens with zero attached hydrogens (tertiary/aromatic N) is 2. The van der Waals surface area contributed by atoms with E-state index in [-0.39, 0.29) is 40.8 Å². The highest BCUT2D eigenvalue weighted by Gasteiger charge is 2.51. The SMILES string of the molecule is O=C(NCc1ccc(F)c(Cl)c1)c1cn2c(c(O)c1=O)C(=O)N1C3CCC(C3)C1C2. The summed E-state index contributed by atoms with van der Waals surface area (Å²) in [5, 5.41) is 13.0. The Bertz CT molecular complexity index is 1150. The van der Waals surface area contributed by atoms with Crippen LogP contribution in [0.3, 0.4) is 0 Å². The lowest BCUT2D eigenvalue weighted by molar-refractivity contribution is 0.0482. The summed E-state index contributed by atoms with van der Waals surface area (Å²) in [6.07, 6.45) is 4.31. The van der Waals surface area contributed by atoms with E-state index in [9.17, 15) is 23.9 Å². The third kappa shape index (κ3) is 2.81. The van der Waals surface area contributed by atoms with Crippen LogP contribution in [0.1, 0.15) is 45.7 Å². The van der Waals surface area contributed by atoms with Crippen LogP contribution in [0.2, 0.25) is 5.02 Å². The fourth-order valence-electron chi connectivity index (χ4n) is 5.08. The standard InChI is InChI=1S/C21H19ClFN3O4/c22-14-5-10(1-4-15(14)23)7-24-20(29)13-8-25-9-16-11-2-3-12(6-11)26(16)21(30)17(25)19(28)18(13)27/h1,4-5,8,11-12,16,28H,2-3,6-7,9H2,(H,24,29). The number of aromatic nitrogens is 1. The van der Waals surface area contributed by atoms with Crippen LogP contribution >= 0.6 is 11.6 Å². The number of aromatic hydroxyl groups is 1. The summed E-state index contributed by atoms with van der Waals surface area (Å²) < 4.78 is 14.8. The highest BCUT2D eigenvalue weighted by molar-refractivity contribution is 6.30. The zero-order chi connectivity index (χ0) is 21.2. The Kier molecular flexibility index (Phi) is 4.36. The summed E-state index contributed by atoms with van der Waals surface area (Å²) in [7, 11) is 0. The molecule has 2 amide bonds. The molecule has 3 unspecified atom stereocenters. The smallest absolute Gasteiger partial charge is 0.275 e. The van der Waals surface area contributed by atoms with Crippen LogP contribution in [0, 0.1) is 11.7 Å². The van der Waals surface area contributed by atoms with Crippen molar-refractivity contribution in [1.82, 2.24) is 14.8 Å². The van der Waals surface area contributed by atoms with Crippen molar-refractivity contribution in [2.45, 2.75) is 44.4 Å². The number of fused-ring (bicyclic) bond motifs is 6. The second kappa shape index (κ2) is 6.84. The van der Waals surface area contributed by atoms with Gasteiger partial charge in [-0.1, -0.05) is 17.7 Å². The van der Waals surface area contributed by atoms with Gasteiger partial charge in [0, 0.05) is 25.3 Å². The van der Waals surface area contributed by atoms with Gasteiger partial charge in [-0.3, -0.25) is 14.4 Å². The van der Waals surface area contributed by atoms with Gasteiger partial charge in [0.25, 0.3) is 11.8 Å². The molecule has 3 aliphatic rings. The third-order valence-corrected chi connectivity index (χ3v) is 6.79. The number of hydrogen-bond donors (Lipinski definition) is 2. The van der Waals surface area contributed by atoms with Gasteiger partial charge in [-0.2, -0.15) is 0 Å². The first kappa shape index (κ1) is 19.1. The molecule has 2 bridgehead atoms.